The van der Waals surface area contributed by atoms with Gasteiger partial charge in [-0.25, -0.2) is 0 Å². The van der Waals surface area contributed by atoms with Crippen molar-refractivity contribution in [2.45, 2.75) is 45.7 Å². The fourth-order valence-electron chi connectivity index (χ4n) is 4.47. The van der Waals surface area contributed by atoms with Crippen LogP contribution in [-0.4, -0.2) is 35.9 Å². The van der Waals surface area contributed by atoms with Crippen LogP contribution < -0.4 is 9.47 Å². The third kappa shape index (κ3) is 4.63. The fraction of sp³-hybridized carbons (Fsp3) is 0.310. The molecule has 1 aromatic heterocycles. The molecule has 188 valence electrons. The van der Waals surface area contributed by atoms with E-state index in [0.717, 1.165) is 16.0 Å². The van der Waals surface area contributed by atoms with Gasteiger partial charge in [0.2, 0.25) is 0 Å². The minimum absolute atomic E-state index is 0.0675. The predicted octanol–water partition coefficient (Wildman–Crippen LogP) is 5.99. The van der Waals surface area contributed by atoms with Crippen molar-refractivity contribution in [3.05, 3.63) is 86.6 Å². The summed E-state index contributed by atoms with van der Waals surface area (Å²) in [5.41, 5.74) is 2.94. The summed E-state index contributed by atoms with van der Waals surface area (Å²) in [6.07, 6.45) is 0. The molecule has 1 saturated heterocycles. The number of ether oxygens (including phenoxy) is 2. The van der Waals surface area contributed by atoms with Gasteiger partial charge in [0.25, 0.3) is 11.7 Å². The first kappa shape index (κ1) is 25.5. The fourth-order valence-corrected chi connectivity index (χ4v) is 5.17. The Morgan fingerprint density at radius 1 is 1.03 bits per heavy atom. The molecule has 4 rings (SSSR count). The van der Waals surface area contributed by atoms with Crippen LogP contribution in [0.4, 0.5) is 0 Å². The number of benzene rings is 2. The van der Waals surface area contributed by atoms with E-state index in [-0.39, 0.29) is 23.3 Å². The zero-order valence-corrected chi connectivity index (χ0v) is 22.2. The summed E-state index contributed by atoms with van der Waals surface area (Å²) in [4.78, 5) is 29.2. The molecule has 1 atom stereocenters. The van der Waals surface area contributed by atoms with E-state index in [9.17, 15) is 14.7 Å². The smallest absolute Gasteiger partial charge is 0.295 e. The summed E-state index contributed by atoms with van der Waals surface area (Å²) in [7, 11) is 3.08. The zero-order chi connectivity index (χ0) is 26.2. The van der Waals surface area contributed by atoms with Gasteiger partial charge in [-0.3, -0.25) is 9.59 Å². The Balaban J connectivity index is 1.94. The summed E-state index contributed by atoms with van der Waals surface area (Å²) in [6, 6.07) is 14.2. The molecule has 1 aliphatic rings. The van der Waals surface area contributed by atoms with Gasteiger partial charge in [0.05, 0.1) is 32.4 Å². The van der Waals surface area contributed by atoms with Gasteiger partial charge in [0.1, 0.15) is 5.76 Å². The second-order valence-corrected chi connectivity index (χ2v) is 10.9. The molecule has 36 heavy (non-hydrogen) atoms. The van der Waals surface area contributed by atoms with E-state index >= 15 is 0 Å². The molecule has 1 amide bonds. The second kappa shape index (κ2) is 9.82. The highest BCUT2D eigenvalue weighted by Gasteiger charge is 2.46. The maximum atomic E-state index is 13.5. The predicted molar refractivity (Wildman–Crippen MR) is 142 cm³/mol. The van der Waals surface area contributed by atoms with E-state index in [0.29, 0.717) is 22.6 Å². The number of aliphatic hydroxyl groups is 1. The van der Waals surface area contributed by atoms with Crippen molar-refractivity contribution in [3.63, 3.8) is 0 Å². The number of rotatable bonds is 6. The lowest BCUT2D eigenvalue weighted by atomic mass is 9.84. The van der Waals surface area contributed by atoms with Crippen LogP contribution in [0.1, 0.15) is 53.9 Å². The van der Waals surface area contributed by atoms with Crippen LogP contribution in [0.15, 0.2) is 59.5 Å². The van der Waals surface area contributed by atoms with Crippen LogP contribution in [0.2, 0.25) is 0 Å². The number of likely N-dealkylation sites (tertiary alicyclic amines) is 1. The van der Waals surface area contributed by atoms with E-state index < -0.39 is 17.7 Å². The van der Waals surface area contributed by atoms with E-state index in [1.807, 2.05) is 42.6 Å². The van der Waals surface area contributed by atoms with Crippen LogP contribution in [0, 0.1) is 6.92 Å². The number of hydrogen-bond donors (Lipinski definition) is 1. The molecule has 6 nitrogen and oxygen atoms in total. The van der Waals surface area contributed by atoms with Crippen molar-refractivity contribution in [2.75, 3.05) is 14.2 Å². The number of nitrogens with zero attached hydrogens (tertiary/aromatic N) is 1. The molecule has 0 saturated carbocycles. The van der Waals surface area contributed by atoms with Crippen molar-refractivity contribution in [2.24, 2.45) is 0 Å². The van der Waals surface area contributed by atoms with E-state index in [2.05, 4.69) is 20.8 Å². The largest absolute Gasteiger partial charge is 0.507 e. The van der Waals surface area contributed by atoms with Gasteiger partial charge < -0.3 is 19.5 Å². The molecular formula is C29H31NO5S. The summed E-state index contributed by atoms with van der Waals surface area (Å²) in [5, 5.41) is 13.5. The topological polar surface area (TPSA) is 76.1 Å². The van der Waals surface area contributed by atoms with Crippen LogP contribution in [0.25, 0.3) is 5.76 Å². The maximum absolute atomic E-state index is 13.5. The normalized spacial score (nSPS) is 17.5. The summed E-state index contributed by atoms with van der Waals surface area (Å²) in [6.45, 7) is 8.40. The second-order valence-electron chi connectivity index (χ2n) is 9.90. The van der Waals surface area contributed by atoms with Gasteiger partial charge in [0, 0.05) is 10.4 Å². The van der Waals surface area contributed by atoms with Crippen molar-refractivity contribution in [1.82, 2.24) is 4.90 Å². The number of carbonyl (C=O) groups is 2. The minimum Gasteiger partial charge on any atom is -0.507 e. The number of hydrogen-bond acceptors (Lipinski definition) is 6. The molecule has 0 bridgehead atoms. The highest BCUT2D eigenvalue weighted by Crippen LogP contribution is 2.43. The van der Waals surface area contributed by atoms with Crippen LogP contribution >= 0.6 is 11.3 Å². The Morgan fingerprint density at radius 3 is 2.36 bits per heavy atom. The van der Waals surface area contributed by atoms with E-state index in [1.165, 1.54) is 23.3 Å². The number of methoxy groups -OCH3 is 2. The highest BCUT2D eigenvalue weighted by molar-refractivity contribution is 7.09. The Kier molecular flexibility index (Phi) is 6.96. The molecule has 1 aliphatic heterocycles. The van der Waals surface area contributed by atoms with Gasteiger partial charge >= 0.3 is 0 Å². The van der Waals surface area contributed by atoms with Crippen molar-refractivity contribution in [1.29, 1.82) is 0 Å². The average Bonchev–Trinajstić information content (AvgIpc) is 3.45. The minimum atomic E-state index is -0.787. The number of Topliss-reactive ketones (excluding diaryl/α,β-unsaturated/α-hetero) is 1. The lowest BCUT2D eigenvalue weighted by Gasteiger charge is -2.26. The quantitative estimate of drug-likeness (QED) is 0.253. The van der Waals surface area contributed by atoms with Gasteiger partial charge in [-0.15, -0.1) is 11.3 Å². The van der Waals surface area contributed by atoms with E-state index in [4.69, 9.17) is 9.47 Å². The van der Waals surface area contributed by atoms with E-state index in [1.54, 1.807) is 25.3 Å². The number of aryl methyl sites for hydroxylation is 1. The Bertz CT molecular complexity index is 1330. The molecule has 0 spiro atoms. The van der Waals surface area contributed by atoms with Crippen LogP contribution in [0.5, 0.6) is 11.5 Å². The van der Waals surface area contributed by atoms with Crippen LogP contribution in [-0.2, 0) is 21.5 Å². The molecule has 7 heteroatoms. The van der Waals surface area contributed by atoms with Crippen molar-refractivity contribution < 1.29 is 24.2 Å². The monoisotopic (exact) mass is 505 g/mol. The number of thiophene rings is 1. The molecular weight excluding hydrogens is 474 g/mol. The summed E-state index contributed by atoms with van der Waals surface area (Å²) >= 11 is 1.51. The standard InChI is InChI=1S/C29H31NO5S/c1-17-9-11-19(29(2,3)4)15-21(17)26(31)24-25(18-10-12-22(34-5)23(14-18)35-6)30(28(33)27(24)32)16-20-8-7-13-36-20/h7-15,25,31H,16H2,1-6H3/b26-24+. The number of amides is 1. The third-order valence-electron chi connectivity index (χ3n) is 6.53. The summed E-state index contributed by atoms with van der Waals surface area (Å²) in [5.74, 6) is -0.517. The molecule has 1 fully saturated rings. The first-order valence-corrected chi connectivity index (χ1v) is 12.6. The maximum Gasteiger partial charge on any atom is 0.295 e. The van der Waals surface area contributed by atoms with Gasteiger partial charge in [-0.2, -0.15) is 0 Å². The molecule has 0 radical (unpaired) electrons. The van der Waals surface area contributed by atoms with Crippen molar-refractivity contribution in [3.8, 4) is 11.5 Å². The lowest BCUT2D eigenvalue weighted by molar-refractivity contribution is -0.140. The molecule has 1 N–H and O–H groups in total. The first-order valence-electron chi connectivity index (χ1n) is 11.7. The average molecular weight is 506 g/mol. The Labute approximate surface area is 215 Å². The lowest BCUT2D eigenvalue weighted by Crippen LogP contribution is -2.28. The molecule has 2 aromatic carbocycles. The highest BCUT2D eigenvalue weighted by atomic mass is 32.1. The molecule has 3 aromatic rings. The van der Waals surface area contributed by atoms with Gasteiger partial charge in [-0.05, 0) is 58.7 Å². The van der Waals surface area contributed by atoms with Crippen LogP contribution in [0.3, 0.4) is 0 Å². The molecule has 2 heterocycles. The Hall–Kier alpha value is -3.58. The number of carbonyl (C=O) groups excluding carboxylic acids is 2. The van der Waals surface area contributed by atoms with Crippen molar-refractivity contribution >= 4 is 28.8 Å². The Morgan fingerprint density at radius 2 is 1.75 bits per heavy atom. The summed E-state index contributed by atoms with van der Waals surface area (Å²) < 4.78 is 10.9. The molecule has 0 aliphatic carbocycles. The third-order valence-corrected chi connectivity index (χ3v) is 7.39. The molecule has 1 unspecified atom stereocenters. The van der Waals surface area contributed by atoms with Gasteiger partial charge in [0.15, 0.2) is 11.5 Å². The number of aliphatic hydroxyl groups excluding tert-OH is 1. The first-order chi connectivity index (χ1) is 17.1. The zero-order valence-electron chi connectivity index (χ0n) is 21.4. The SMILES string of the molecule is COc1ccc(C2/C(=C(\O)c3cc(C(C)(C)C)ccc3C)C(=O)C(=O)N2Cc2cccs2)cc1OC. The van der Waals surface area contributed by atoms with Gasteiger partial charge in [-0.1, -0.05) is 45.0 Å². The number of ketones is 1.